The lowest BCUT2D eigenvalue weighted by atomic mass is 9.83. The van der Waals surface area contributed by atoms with Gasteiger partial charge in [0.05, 0.1) is 0 Å². The zero-order valence-corrected chi connectivity index (χ0v) is 11.9. The zero-order chi connectivity index (χ0) is 14.3. The molecule has 0 aliphatic heterocycles. The van der Waals surface area contributed by atoms with Crippen molar-refractivity contribution in [2.75, 3.05) is 6.54 Å². The van der Waals surface area contributed by atoms with Crippen LogP contribution in [0.1, 0.15) is 52.4 Å². The largest absolute Gasteiger partial charge is 0.480 e. The minimum absolute atomic E-state index is 0.304. The van der Waals surface area contributed by atoms with Crippen molar-refractivity contribution in [2.24, 2.45) is 5.92 Å². The summed E-state index contributed by atoms with van der Waals surface area (Å²) in [7, 11) is 0. The van der Waals surface area contributed by atoms with E-state index in [1.807, 2.05) is 0 Å². The number of hydrogen-bond donors (Lipinski definition) is 3. The Labute approximate surface area is 115 Å². The monoisotopic (exact) mass is 270 g/mol. The van der Waals surface area contributed by atoms with E-state index < -0.39 is 12.0 Å². The van der Waals surface area contributed by atoms with Crippen LogP contribution in [0.3, 0.4) is 0 Å². The van der Waals surface area contributed by atoms with Crippen molar-refractivity contribution in [3.8, 4) is 0 Å². The maximum absolute atomic E-state index is 11.0. The van der Waals surface area contributed by atoms with Gasteiger partial charge in [0.25, 0.3) is 0 Å². The molecule has 0 spiro atoms. The van der Waals surface area contributed by atoms with Crippen LogP contribution in [0, 0.1) is 5.92 Å². The lowest BCUT2D eigenvalue weighted by Crippen LogP contribution is -2.49. The van der Waals surface area contributed by atoms with Gasteiger partial charge in [-0.05, 0) is 31.6 Å². The maximum atomic E-state index is 11.0. The molecule has 0 heterocycles. The van der Waals surface area contributed by atoms with Gasteiger partial charge in [-0.15, -0.1) is 0 Å². The number of carbonyl (C=O) groups excluding carboxylic acids is 1. The molecule has 1 unspecified atom stereocenters. The summed E-state index contributed by atoms with van der Waals surface area (Å²) in [5, 5.41) is 14.7. The second-order valence-electron chi connectivity index (χ2n) is 5.51. The van der Waals surface area contributed by atoms with Gasteiger partial charge in [0.1, 0.15) is 6.04 Å². The second-order valence-corrected chi connectivity index (χ2v) is 5.51. The average molecular weight is 270 g/mol. The molecule has 1 atom stereocenters. The van der Waals surface area contributed by atoms with Crippen molar-refractivity contribution in [1.82, 2.24) is 10.6 Å². The third-order valence-corrected chi connectivity index (χ3v) is 3.83. The molecule has 0 aromatic rings. The summed E-state index contributed by atoms with van der Waals surface area (Å²) in [6.45, 7) is 3.86. The molecular formula is C14H26N2O3. The molecule has 1 aliphatic carbocycles. The maximum Gasteiger partial charge on any atom is 0.327 e. The minimum atomic E-state index is -0.984. The smallest absolute Gasteiger partial charge is 0.327 e. The first-order chi connectivity index (χ1) is 9.02. The second kappa shape index (κ2) is 8.15. The van der Waals surface area contributed by atoms with E-state index in [4.69, 9.17) is 5.11 Å². The number of carboxylic acid groups (broad SMARTS) is 1. The van der Waals surface area contributed by atoms with Crippen LogP contribution < -0.4 is 10.6 Å². The number of carbonyl (C=O) groups is 2. The summed E-state index contributed by atoms with van der Waals surface area (Å²) >= 11 is 0. The van der Waals surface area contributed by atoms with Crippen molar-refractivity contribution in [2.45, 2.75) is 64.5 Å². The highest BCUT2D eigenvalue weighted by Crippen LogP contribution is 2.27. The highest BCUT2D eigenvalue weighted by molar-refractivity contribution is 5.82. The lowest BCUT2D eigenvalue weighted by molar-refractivity contribution is -0.141. The zero-order valence-electron chi connectivity index (χ0n) is 11.9. The van der Waals surface area contributed by atoms with Crippen LogP contribution in [-0.2, 0) is 9.59 Å². The topological polar surface area (TPSA) is 78.4 Å². The molecule has 1 fully saturated rings. The number of amides is 1. The predicted molar refractivity (Wildman–Crippen MR) is 73.9 cm³/mol. The van der Waals surface area contributed by atoms with Gasteiger partial charge >= 0.3 is 5.97 Å². The van der Waals surface area contributed by atoms with E-state index >= 15 is 0 Å². The Balaban J connectivity index is 2.28. The quantitative estimate of drug-likeness (QED) is 0.655. The Bertz CT molecular complexity index is 299. The first-order valence-electron chi connectivity index (χ1n) is 7.26. The normalized spacial score (nSPS) is 24.7. The van der Waals surface area contributed by atoms with Gasteiger partial charge in [0.15, 0.2) is 0 Å². The van der Waals surface area contributed by atoms with Gasteiger partial charge in [0, 0.05) is 19.5 Å². The number of aliphatic carboxylic acids is 1. The Morgan fingerprint density at radius 2 is 1.89 bits per heavy atom. The van der Waals surface area contributed by atoms with Crippen LogP contribution in [0.5, 0.6) is 0 Å². The van der Waals surface area contributed by atoms with Crippen LogP contribution in [0.2, 0.25) is 0 Å². The summed E-state index contributed by atoms with van der Waals surface area (Å²) in [5.41, 5.74) is 0. The van der Waals surface area contributed by atoms with Crippen molar-refractivity contribution in [1.29, 1.82) is 0 Å². The summed E-state index contributed by atoms with van der Waals surface area (Å²) in [6, 6.07) is -0.436. The van der Waals surface area contributed by atoms with Gasteiger partial charge < -0.3 is 15.7 Å². The number of carboxylic acids is 1. The molecule has 0 aromatic carbocycles. The lowest BCUT2D eigenvalue weighted by Gasteiger charge is -2.29. The standard InChI is InChI=1S/C14H26N2O3/c1-3-4-11-5-7-12(8-6-11)15-9-13(14(18)19)16-10(2)17/h11-13,15H,3-9H2,1-2H3,(H,16,17)(H,18,19). The molecule has 0 radical (unpaired) electrons. The van der Waals surface area contributed by atoms with Crippen LogP contribution in [0.15, 0.2) is 0 Å². The number of nitrogens with one attached hydrogen (secondary N) is 2. The molecule has 19 heavy (non-hydrogen) atoms. The van der Waals surface area contributed by atoms with Gasteiger partial charge in [-0.2, -0.15) is 0 Å². The fraction of sp³-hybridized carbons (Fsp3) is 0.857. The molecule has 1 rings (SSSR count). The molecular weight excluding hydrogens is 244 g/mol. The minimum Gasteiger partial charge on any atom is -0.480 e. The predicted octanol–water partition coefficient (Wildman–Crippen LogP) is 1.52. The summed E-state index contributed by atoms with van der Waals surface area (Å²) < 4.78 is 0. The van der Waals surface area contributed by atoms with Gasteiger partial charge in [0.2, 0.25) is 5.91 Å². The van der Waals surface area contributed by atoms with Crippen molar-refractivity contribution in [3.63, 3.8) is 0 Å². The van der Waals surface area contributed by atoms with E-state index in [1.54, 1.807) is 0 Å². The van der Waals surface area contributed by atoms with E-state index in [-0.39, 0.29) is 5.91 Å². The average Bonchev–Trinajstić information content (AvgIpc) is 2.36. The molecule has 1 saturated carbocycles. The molecule has 1 aliphatic rings. The fourth-order valence-corrected chi connectivity index (χ4v) is 2.79. The Kier molecular flexibility index (Phi) is 6.84. The van der Waals surface area contributed by atoms with E-state index in [2.05, 4.69) is 17.6 Å². The Morgan fingerprint density at radius 1 is 1.26 bits per heavy atom. The van der Waals surface area contributed by atoms with Gasteiger partial charge in [-0.25, -0.2) is 4.79 Å². The van der Waals surface area contributed by atoms with E-state index in [9.17, 15) is 9.59 Å². The highest BCUT2D eigenvalue weighted by Gasteiger charge is 2.23. The number of rotatable bonds is 7. The third kappa shape index (κ3) is 6.05. The van der Waals surface area contributed by atoms with Gasteiger partial charge in [-0.1, -0.05) is 19.8 Å². The summed E-state index contributed by atoms with van der Waals surface area (Å²) in [5.74, 6) is -0.447. The van der Waals surface area contributed by atoms with Crippen LogP contribution in [0.25, 0.3) is 0 Å². The molecule has 0 saturated heterocycles. The third-order valence-electron chi connectivity index (χ3n) is 3.83. The molecule has 110 valence electrons. The van der Waals surface area contributed by atoms with E-state index in [1.165, 1.54) is 32.6 Å². The molecule has 0 bridgehead atoms. The highest BCUT2D eigenvalue weighted by atomic mass is 16.4. The van der Waals surface area contributed by atoms with Gasteiger partial charge in [-0.3, -0.25) is 4.79 Å². The summed E-state index contributed by atoms with van der Waals surface area (Å²) in [4.78, 5) is 21.9. The molecule has 0 aromatic heterocycles. The Morgan fingerprint density at radius 3 is 2.37 bits per heavy atom. The van der Waals surface area contributed by atoms with Crippen LogP contribution in [0.4, 0.5) is 0 Å². The first-order valence-corrected chi connectivity index (χ1v) is 7.26. The van der Waals surface area contributed by atoms with Crippen molar-refractivity contribution < 1.29 is 14.7 Å². The Hall–Kier alpha value is -1.10. The van der Waals surface area contributed by atoms with Crippen molar-refractivity contribution >= 4 is 11.9 Å². The number of hydrogen-bond acceptors (Lipinski definition) is 3. The summed E-state index contributed by atoms with van der Waals surface area (Å²) in [6.07, 6.45) is 7.21. The molecule has 5 heteroatoms. The molecule has 5 nitrogen and oxygen atoms in total. The first kappa shape index (κ1) is 16.0. The van der Waals surface area contributed by atoms with Crippen molar-refractivity contribution in [3.05, 3.63) is 0 Å². The van der Waals surface area contributed by atoms with E-state index in [0.29, 0.717) is 12.6 Å². The van der Waals surface area contributed by atoms with Crippen LogP contribution in [-0.4, -0.2) is 35.6 Å². The SMILES string of the molecule is CCCC1CCC(NCC(NC(C)=O)C(=O)O)CC1. The molecule has 3 N–H and O–H groups in total. The molecule has 1 amide bonds. The van der Waals surface area contributed by atoms with E-state index in [0.717, 1.165) is 18.8 Å². The van der Waals surface area contributed by atoms with Crippen LogP contribution >= 0.6 is 0 Å². The fourth-order valence-electron chi connectivity index (χ4n) is 2.79.